The summed E-state index contributed by atoms with van der Waals surface area (Å²) in [5.74, 6) is 1.80. The average Bonchev–Trinajstić information content (AvgIpc) is 2.71. The van der Waals surface area contributed by atoms with E-state index in [1.165, 1.54) is 57.5 Å². The van der Waals surface area contributed by atoms with E-state index >= 15 is 0 Å². The van der Waals surface area contributed by atoms with E-state index in [2.05, 4.69) is 13.8 Å². The molecule has 2 aliphatic heterocycles. The van der Waals surface area contributed by atoms with E-state index < -0.39 is 6.35 Å². The van der Waals surface area contributed by atoms with Crippen LogP contribution in [0, 0.1) is 17.3 Å². The van der Waals surface area contributed by atoms with E-state index in [9.17, 15) is 0 Å². The lowest BCUT2D eigenvalue weighted by atomic mass is 9.26. The molecule has 2 saturated heterocycles. The molecule has 3 fully saturated rings. The lowest BCUT2D eigenvalue weighted by Crippen LogP contribution is -2.51. The Bertz CT molecular complexity index is 261. The predicted octanol–water partition coefficient (Wildman–Crippen LogP) is 4.59. The van der Waals surface area contributed by atoms with Crippen LogP contribution in [0.5, 0.6) is 0 Å². The van der Waals surface area contributed by atoms with Crippen molar-refractivity contribution in [2.75, 3.05) is 6.61 Å². The topological polar surface area (TPSA) is 9.23 Å². The van der Waals surface area contributed by atoms with Crippen LogP contribution in [0.15, 0.2) is 0 Å². The summed E-state index contributed by atoms with van der Waals surface area (Å²) in [6.45, 7) is 5.97. The van der Waals surface area contributed by atoms with Crippen LogP contribution in [0.4, 0.5) is 0 Å². The van der Waals surface area contributed by atoms with Crippen molar-refractivity contribution in [3.05, 3.63) is 0 Å². The van der Waals surface area contributed by atoms with Gasteiger partial charge in [-0.25, -0.2) is 0 Å². The molecule has 0 N–H and O–H groups in total. The number of hydrogen-bond acceptors (Lipinski definition) is 1. The summed E-state index contributed by atoms with van der Waals surface area (Å²) in [5, 5.41) is 0. The summed E-state index contributed by atoms with van der Waals surface area (Å²) in [5.41, 5.74) is 0.622. The Morgan fingerprint density at radius 1 is 1.00 bits per heavy atom. The highest BCUT2D eigenvalue weighted by molar-refractivity contribution is 6.74. The minimum absolute atomic E-state index is 0.425. The van der Waals surface area contributed by atoms with Crippen LogP contribution < -0.4 is 0 Å². The maximum Gasteiger partial charge on any atom is 0.115 e. The van der Waals surface area contributed by atoms with Gasteiger partial charge in [-0.15, -0.1) is 0 Å². The SMILES string of the molecule is CC1CC(C)C[B-]2(CCC3(CCCC3)CO2)C1. The lowest BCUT2D eigenvalue weighted by Gasteiger charge is -2.55. The second-order valence-electron chi connectivity index (χ2n) is 7.84. The normalized spacial score (nSPS) is 45.5. The maximum absolute atomic E-state index is 6.55. The van der Waals surface area contributed by atoms with Crippen molar-refractivity contribution < 1.29 is 4.65 Å². The zero-order valence-corrected chi connectivity index (χ0v) is 11.7. The highest BCUT2D eigenvalue weighted by Gasteiger charge is 2.43. The summed E-state index contributed by atoms with van der Waals surface area (Å²) >= 11 is 0. The summed E-state index contributed by atoms with van der Waals surface area (Å²) in [7, 11) is 0. The van der Waals surface area contributed by atoms with Gasteiger partial charge >= 0.3 is 0 Å². The fraction of sp³-hybridized carbons (Fsp3) is 1.00. The van der Waals surface area contributed by atoms with Crippen molar-refractivity contribution in [2.24, 2.45) is 17.3 Å². The van der Waals surface area contributed by atoms with Gasteiger partial charge in [0.05, 0.1) is 0 Å². The molecule has 0 aromatic carbocycles. The molecule has 17 heavy (non-hydrogen) atoms. The molecular formula is C15H28BO-. The van der Waals surface area contributed by atoms with Gasteiger partial charge in [0, 0.05) is 6.61 Å². The molecule has 2 unspecified atom stereocenters. The second kappa shape index (κ2) is 4.29. The molecule has 0 amide bonds. The Hall–Kier alpha value is 0.0249. The van der Waals surface area contributed by atoms with Crippen molar-refractivity contribution in [1.82, 2.24) is 0 Å². The van der Waals surface area contributed by atoms with Gasteiger partial charge < -0.3 is 4.65 Å². The van der Waals surface area contributed by atoms with Gasteiger partial charge in [0.25, 0.3) is 0 Å². The molecule has 0 aromatic rings. The molecule has 2 heterocycles. The van der Waals surface area contributed by atoms with Gasteiger partial charge in [0.1, 0.15) is 6.35 Å². The van der Waals surface area contributed by atoms with Gasteiger partial charge in [-0.3, -0.25) is 0 Å². The van der Waals surface area contributed by atoms with Crippen molar-refractivity contribution >= 4 is 6.35 Å². The molecule has 0 aromatic heterocycles. The Morgan fingerprint density at radius 3 is 2.18 bits per heavy atom. The third kappa shape index (κ3) is 2.30. The molecule has 1 aliphatic carbocycles. The van der Waals surface area contributed by atoms with Gasteiger partial charge in [-0.05, 0) is 18.3 Å². The fourth-order valence-corrected chi connectivity index (χ4v) is 5.41. The molecule has 2 atom stereocenters. The van der Waals surface area contributed by atoms with E-state index in [-0.39, 0.29) is 0 Å². The quantitative estimate of drug-likeness (QED) is 0.558. The van der Waals surface area contributed by atoms with E-state index in [0.29, 0.717) is 5.41 Å². The molecule has 0 radical (unpaired) electrons. The second-order valence-corrected chi connectivity index (χ2v) is 7.84. The Morgan fingerprint density at radius 2 is 1.65 bits per heavy atom. The van der Waals surface area contributed by atoms with Crippen molar-refractivity contribution in [3.8, 4) is 0 Å². The summed E-state index contributed by atoms with van der Waals surface area (Å²) in [6, 6.07) is 0. The molecule has 0 bridgehead atoms. The molecule has 2 spiro atoms. The van der Waals surface area contributed by atoms with Gasteiger partial charge in [-0.1, -0.05) is 51.4 Å². The van der Waals surface area contributed by atoms with Gasteiger partial charge in [0.15, 0.2) is 0 Å². The lowest BCUT2D eigenvalue weighted by molar-refractivity contribution is 0.101. The number of rotatable bonds is 0. The summed E-state index contributed by atoms with van der Waals surface area (Å²) in [4.78, 5) is 0. The Kier molecular flexibility index (Phi) is 3.05. The molecule has 1 nitrogen and oxygen atoms in total. The minimum Gasteiger partial charge on any atom is -0.590 e. The standard InChI is InChI=1S/C15H28BO/c1-13-9-14(2)11-16(10-13)8-7-15(12-17-16)5-3-4-6-15/h13-14H,3-12H2,1-2H3/q-1. The highest BCUT2D eigenvalue weighted by Crippen LogP contribution is 2.51. The Labute approximate surface area is 107 Å². The first-order chi connectivity index (χ1) is 8.12. The van der Waals surface area contributed by atoms with Crippen molar-refractivity contribution in [2.45, 2.75) is 71.3 Å². The monoisotopic (exact) mass is 235 g/mol. The highest BCUT2D eigenvalue weighted by atomic mass is 16.4. The van der Waals surface area contributed by atoms with Crippen LogP contribution in [0.3, 0.4) is 0 Å². The molecular weight excluding hydrogens is 207 g/mol. The fourth-order valence-electron chi connectivity index (χ4n) is 5.41. The van der Waals surface area contributed by atoms with Crippen molar-refractivity contribution in [1.29, 1.82) is 0 Å². The molecule has 1 saturated carbocycles. The maximum atomic E-state index is 6.55. The van der Waals surface area contributed by atoms with Gasteiger partial charge in [0.2, 0.25) is 0 Å². The molecule has 98 valence electrons. The van der Waals surface area contributed by atoms with Crippen LogP contribution in [-0.2, 0) is 4.65 Å². The van der Waals surface area contributed by atoms with Crippen LogP contribution in [0.25, 0.3) is 0 Å². The van der Waals surface area contributed by atoms with Crippen LogP contribution in [0.2, 0.25) is 19.0 Å². The third-order valence-electron chi connectivity index (χ3n) is 6.08. The Balaban J connectivity index is 1.66. The first kappa shape index (κ1) is 12.1. The summed E-state index contributed by atoms with van der Waals surface area (Å²) < 4.78 is 6.55. The first-order valence-corrected chi connectivity index (χ1v) is 7.95. The molecule has 2 heteroatoms. The average molecular weight is 235 g/mol. The van der Waals surface area contributed by atoms with E-state index in [1.54, 1.807) is 0 Å². The molecule has 3 rings (SSSR count). The van der Waals surface area contributed by atoms with E-state index in [1.807, 2.05) is 0 Å². The zero-order valence-electron chi connectivity index (χ0n) is 11.7. The van der Waals surface area contributed by atoms with E-state index in [0.717, 1.165) is 18.4 Å². The van der Waals surface area contributed by atoms with E-state index in [4.69, 9.17) is 4.65 Å². The van der Waals surface area contributed by atoms with Crippen molar-refractivity contribution in [3.63, 3.8) is 0 Å². The van der Waals surface area contributed by atoms with Crippen LogP contribution >= 0.6 is 0 Å². The summed E-state index contributed by atoms with van der Waals surface area (Å²) in [6.07, 6.45) is 12.5. The predicted molar refractivity (Wildman–Crippen MR) is 74.6 cm³/mol. The third-order valence-corrected chi connectivity index (χ3v) is 6.08. The first-order valence-electron chi connectivity index (χ1n) is 7.95. The van der Waals surface area contributed by atoms with Crippen LogP contribution in [0.1, 0.15) is 52.4 Å². The number of hydrogen-bond donors (Lipinski definition) is 0. The largest absolute Gasteiger partial charge is 0.590 e. The molecule has 3 aliphatic rings. The van der Waals surface area contributed by atoms with Gasteiger partial charge in [-0.2, -0.15) is 19.0 Å². The zero-order chi connectivity index (χ0) is 11.9. The smallest absolute Gasteiger partial charge is 0.115 e. The van der Waals surface area contributed by atoms with Crippen LogP contribution in [-0.4, -0.2) is 13.0 Å². The minimum atomic E-state index is -0.425.